The fourth-order valence-electron chi connectivity index (χ4n) is 1.70. The second kappa shape index (κ2) is 12.3. The largest absolute Gasteiger partial charge is 0.504 e. The Bertz CT molecular complexity index is 456. The lowest BCUT2D eigenvalue weighted by Gasteiger charge is -2.08. The maximum Gasteiger partial charge on any atom is 0.188 e. The lowest BCUT2D eigenvalue weighted by molar-refractivity contribution is 0.145. The number of aromatic hydroxyl groups is 1. The van der Waals surface area contributed by atoms with Crippen molar-refractivity contribution in [3.63, 3.8) is 0 Å². The topological polar surface area (TPSA) is 89.1 Å². The minimum absolute atomic E-state index is 0. The highest BCUT2D eigenvalue weighted by atomic mass is 127. The number of rotatable bonds is 9. The number of nitrogens with zero attached hydrogens (tertiary/aromatic N) is 1. The van der Waals surface area contributed by atoms with Crippen LogP contribution in [0, 0.1) is 0 Å². The van der Waals surface area contributed by atoms with Gasteiger partial charge in [0.1, 0.15) is 0 Å². The van der Waals surface area contributed by atoms with Crippen LogP contribution >= 0.6 is 24.0 Å². The van der Waals surface area contributed by atoms with E-state index in [9.17, 15) is 5.11 Å². The van der Waals surface area contributed by atoms with Gasteiger partial charge in [0.2, 0.25) is 0 Å². The van der Waals surface area contributed by atoms with Gasteiger partial charge >= 0.3 is 0 Å². The van der Waals surface area contributed by atoms with Crippen molar-refractivity contribution in [3.05, 3.63) is 23.8 Å². The first kappa shape index (κ1) is 20.8. The molecule has 7 heteroatoms. The van der Waals surface area contributed by atoms with Crippen molar-refractivity contribution in [1.82, 2.24) is 5.32 Å². The third kappa shape index (κ3) is 8.28. The van der Waals surface area contributed by atoms with E-state index in [1.54, 1.807) is 18.2 Å². The van der Waals surface area contributed by atoms with Crippen molar-refractivity contribution in [2.24, 2.45) is 10.7 Å². The molecule has 126 valence electrons. The van der Waals surface area contributed by atoms with E-state index in [4.69, 9.17) is 15.2 Å². The van der Waals surface area contributed by atoms with Gasteiger partial charge in [-0.15, -0.1) is 24.0 Å². The van der Waals surface area contributed by atoms with Crippen LogP contribution in [0.3, 0.4) is 0 Å². The zero-order chi connectivity index (χ0) is 15.5. The summed E-state index contributed by atoms with van der Waals surface area (Å²) >= 11 is 0. The first-order chi connectivity index (χ1) is 10.2. The molecule has 1 rings (SSSR count). The number of phenols is 1. The number of benzene rings is 1. The van der Waals surface area contributed by atoms with Crippen molar-refractivity contribution in [3.8, 4) is 11.5 Å². The third-order valence-electron chi connectivity index (χ3n) is 2.73. The van der Waals surface area contributed by atoms with Crippen LogP contribution in [0.4, 0.5) is 0 Å². The second-order valence-corrected chi connectivity index (χ2v) is 4.41. The first-order valence-electron chi connectivity index (χ1n) is 7.23. The van der Waals surface area contributed by atoms with Crippen LogP contribution in [0.5, 0.6) is 11.5 Å². The quantitative estimate of drug-likeness (QED) is 0.245. The molecule has 0 aliphatic carbocycles. The van der Waals surface area contributed by atoms with Gasteiger partial charge in [-0.25, -0.2) is 4.99 Å². The van der Waals surface area contributed by atoms with Crippen LogP contribution in [0.1, 0.15) is 25.8 Å². The third-order valence-corrected chi connectivity index (χ3v) is 2.73. The highest BCUT2D eigenvalue weighted by molar-refractivity contribution is 14.0. The Morgan fingerprint density at radius 1 is 1.32 bits per heavy atom. The summed E-state index contributed by atoms with van der Waals surface area (Å²) in [4.78, 5) is 4.25. The molecule has 1 aromatic rings. The first-order valence-corrected chi connectivity index (χ1v) is 7.23. The van der Waals surface area contributed by atoms with Crippen LogP contribution in [0.25, 0.3) is 0 Å². The molecule has 0 bridgehead atoms. The van der Waals surface area contributed by atoms with E-state index >= 15 is 0 Å². The average Bonchev–Trinajstić information content (AvgIpc) is 2.48. The summed E-state index contributed by atoms with van der Waals surface area (Å²) in [5.41, 5.74) is 6.71. The molecule has 0 saturated carbocycles. The van der Waals surface area contributed by atoms with Gasteiger partial charge in [-0.05, 0) is 38.0 Å². The molecule has 0 fully saturated rings. The Labute approximate surface area is 149 Å². The number of ether oxygens (including phenoxy) is 2. The average molecular weight is 423 g/mol. The molecule has 4 N–H and O–H groups in total. The van der Waals surface area contributed by atoms with Gasteiger partial charge in [0.25, 0.3) is 0 Å². The predicted molar refractivity (Wildman–Crippen MR) is 99.1 cm³/mol. The molecule has 0 unspecified atom stereocenters. The zero-order valence-electron chi connectivity index (χ0n) is 13.2. The summed E-state index contributed by atoms with van der Waals surface area (Å²) in [5, 5.41) is 12.7. The summed E-state index contributed by atoms with van der Waals surface area (Å²) in [6.07, 6.45) is 0.887. The molecule has 0 saturated heterocycles. The van der Waals surface area contributed by atoms with Crippen molar-refractivity contribution < 1.29 is 14.6 Å². The van der Waals surface area contributed by atoms with Crippen LogP contribution in [-0.4, -0.2) is 37.4 Å². The molecule has 0 atom stereocenters. The van der Waals surface area contributed by atoms with Gasteiger partial charge in [0, 0.05) is 19.8 Å². The number of guanidine groups is 1. The van der Waals surface area contributed by atoms with E-state index < -0.39 is 0 Å². The standard InChI is InChI=1S/C15H25N3O3.HI/c1-3-20-9-5-8-17-15(16)18-11-12-6-7-13(19)14(10-12)21-4-2;/h6-7,10,19H,3-5,8-9,11H2,1-2H3,(H3,16,17,18);1H. The van der Waals surface area contributed by atoms with Gasteiger partial charge in [-0.1, -0.05) is 6.07 Å². The molecule has 6 nitrogen and oxygen atoms in total. The van der Waals surface area contributed by atoms with Gasteiger partial charge in [0.15, 0.2) is 17.5 Å². The summed E-state index contributed by atoms with van der Waals surface area (Å²) in [7, 11) is 0. The molecule has 0 radical (unpaired) electrons. The van der Waals surface area contributed by atoms with E-state index in [-0.39, 0.29) is 29.7 Å². The minimum Gasteiger partial charge on any atom is -0.504 e. The molecule has 0 aliphatic heterocycles. The summed E-state index contributed by atoms with van der Waals surface area (Å²) in [6.45, 7) is 6.95. The second-order valence-electron chi connectivity index (χ2n) is 4.41. The highest BCUT2D eigenvalue weighted by Crippen LogP contribution is 2.26. The Morgan fingerprint density at radius 3 is 2.77 bits per heavy atom. The summed E-state index contributed by atoms with van der Waals surface area (Å²) in [5.74, 6) is 0.998. The molecule has 0 aliphatic rings. The molecule has 0 amide bonds. The molecule has 0 heterocycles. The highest BCUT2D eigenvalue weighted by Gasteiger charge is 2.03. The lowest BCUT2D eigenvalue weighted by Crippen LogP contribution is -2.32. The minimum atomic E-state index is 0. The molecule has 0 spiro atoms. The lowest BCUT2D eigenvalue weighted by atomic mass is 10.2. The number of hydrogen-bond donors (Lipinski definition) is 3. The van der Waals surface area contributed by atoms with Crippen LogP contribution in [-0.2, 0) is 11.3 Å². The van der Waals surface area contributed by atoms with Gasteiger partial charge < -0.3 is 25.6 Å². The Hall–Kier alpha value is -1.22. The maximum atomic E-state index is 9.62. The molecular weight excluding hydrogens is 397 g/mol. The number of hydrogen-bond acceptors (Lipinski definition) is 4. The van der Waals surface area contributed by atoms with E-state index in [0.717, 1.165) is 25.1 Å². The Kier molecular flexibility index (Phi) is 11.7. The number of aliphatic imine (C=N–C) groups is 1. The van der Waals surface area contributed by atoms with E-state index in [2.05, 4.69) is 10.3 Å². The Morgan fingerprint density at radius 2 is 2.09 bits per heavy atom. The van der Waals surface area contributed by atoms with E-state index in [0.29, 0.717) is 31.5 Å². The molecule has 22 heavy (non-hydrogen) atoms. The molecule has 1 aromatic carbocycles. The van der Waals surface area contributed by atoms with Gasteiger partial charge in [-0.3, -0.25) is 0 Å². The Balaban J connectivity index is 0.00000441. The number of halogens is 1. The smallest absolute Gasteiger partial charge is 0.188 e. The fraction of sp³-hybridized carbons (Fsp3) is 0.533. The molecule has 0 aromatic heterocycles. The van der Waals surface area contributed by atoms with Gasteiger partial charge in [-0.2, -0.15) is 0 Å². The van der Waals surface area contributed by atoms with Crippen LogP contribution < -0.4 is 15.8 Å². The van der Waals surface area contributed by atoms with Crippen LogP contribution in [0.15, 0.2) is 23.2 Å². The van der Waals surface area contributed by atoms with Crippen LogP contribution in [0.2, 0.25) is 0 Å². The predicted octanol–water partition coefficient (Wildman–Crippen LogP) is 2.24. The SMILES string of the molecule is CCOCCCNC(N)=NCc1ccc(O)c(OCC)c1.I. The number of nitrogens with one attached hydrogen (secondary N) is 1. The normalized spacial score (nSPS) is 10.9. The summed E-state index contributed by atoms with van der Waals surface area (Å²) in [6, 6.07) is 5.16. The number of phenolic OH excluding ortho intramolecular Hbond substituents is 1. The monoisotopic (exact) mass is 423 g/mol. The fourth-order valence-corrected chi connectivity index (χ4v) is 1.70. The molecular formula is C15H26IN3O3. The van der Waals surface area contributed by atoms with Crippen molar-refractivity contribution in [2.45, 2.75) is 26.8 Å². The number of nitrogens with two attached hydrogens (primary N) is 1. The van der Waals surface area contributed by atoms with E-state index in [1.807, 2.05) is 13.8 Å². The maximum absolute atomic E-state index is 9.62. The summed E-state index contributed by atoms with van der Waals surface area (Å²) < 4.78 is 10.6. The zero-order valence-corrected chi connectivity index (χ0v) is 15.5. The van der Waals surface area contributed by atoms with Gasteiger partial charge in [0.05, 0.1) is 13.2 Å². The van der Waals surface area contributed by atoms with Crippen molar-refractivity contribution >= 4 is 29.9 Å². The van der Waals surface area contributed by atoms with Crippen molar-refractivity contribution in [2.75, 3.05) is 26.4 Å². The van der Waals surface area contributed by atoms with E-state index in [1.165, 1.54) is 0 Å². The van der Waals surface area contributed by atoms with Crippen molar-refractivity contribution in [1.29, 1.82) is 0 Å².